The highest BCUT2D eigenvalue weighted by molar-refractivity contribution is 5.95. The lowest BCUT2D eigenvalue weighted by atomic mass is 9.92. The van der Waals surface area contributed by atoms with Gasteiger partial charge in [0.2, 0.25) is 0 Å². The minimum absolute atomic E-state index is 0.0680. The number of ether oxygens (including phenoxy) is 1. The van der Waals surface area contributed by atoms with Crippen molar-refractivity contribution in [1.82, 2.24) is 9.88 Å². The number of fused-ring (bicyclic) bond motifs is 1. The van der Waals surface area contributed by atoms with Crippen LogP contribution in [0.4, 0.5) is 10.1 Å². The summed E-state index contributed by atoms with van der Waals surface area (Å²) in [6.07, 6.45) is 4.66. The minimum atomic E-state index is -0.350. The Hall–Kier alpha value is -2.83. The van der Waals surface area contributed by atoms with E-state index >= 15 is 0 Å². The molecule has 2 aliphatic rings. The normalized spacial score (nSPS) is 22.7. The molecule has 1 atom stereocenters. The highest BCUT2D eigenvalue weighted by atomic mass is 19.1. The number of aromatic nitrogens is 1. The Labute approximate surface area is 181 Å². The third kappa shape index (κ3) is 4.18. The Kier molecular flexibility index (Phi) is 5.42. The molecule has 0 saturated carbocycles. The third-order valence-electron chi connectivity index (χ3n) is 6.51. The molecule has 2 aliphatic heterocycles. The maximum absolute atomic E-state index is 13.3. The highest BCUT2D eigenvalue weighted by Crippen LogP contribution is 2.33. The van der Waals surface area contributed by atoms with Gasteiger partial charge < -0.3 is 9.64 Å². The van der Waals surface area contributed by atoms with E-state index in [0.717, 1.165) is 50.1 Å². The summed E-state index contributed by atoms with van der Waals surface area (Å²) in [6.45, 7) is 3.37. The molecule has 3 aromatic rings. The predicted molar refractivity (Wildman–Crippen MR) is 118 cm³/mol. The van der Waals surface area contributed by atoms with E-state index in [1.165, 1.54) is 23.1 Å². The lowest BCUT2D eigenvalue weighted by Gasteiger charge is -2.42. The molecule has 5 nitrogen and oxygen atoms in total. The van der Waals surface area contributed by atoms with Gasteiger partial charge in [0.15, 0.2) is 0 Å². The second kappa shape index (κ2) is 8.36. The van der Waals surface area contributed by atoms with Gasteiger partial charge in [-0.05, 0) is 67.8 Å². The molecule has 1 aromatic heterocycles. The summed E-state index contributed by atoms with van der Waals surface area (Å²) in [4.78, 5) is 21.2. The molecule has 1 spiro atoms. The number of benzene rings is 2. The van der Waals surface area contributed by atoms with Gasteiger partial charge in [0.1, 0.15) is 12.4 Å². The van der Waals surface area contributed by atoms with Crippen molar-refractivity contribution in [3.63, 3.8) is 0 Å². The van der Waals surface area contributed by atoms with Crippen LogP contribution in [0.2, 0.25) is 0 Å². The van der Waals surface area contributed by atoms with Crippen molar-refractivity contribution in [3.05, 3.63) is 72.2 Å². The Morgan fingerprint density at radius 3 is 2.74 bits per heavy atom. The van der Waals surface area contributed by atoms with E-state index in [4.69, 9.17) is 4.74 Å². The number of morpholine rings is 1. The molecular formula is C25H26FN3O2. The molecule has 160 valence electrons. The minimum Gasteiger partial charge on any atom is -0.363 e. The summed E-state index contributed by atoms with van der Waals surface area (Å²) in [5.74, 6) is -0.366. The van der Waals surface area contributed by atoms with Gasteiger partial charge in [-0.2, -0.15) is 0 Å². The van der Waals surface area contributed by atoms with Crippen molar-refractivity contribution < 1.29 is 13.9 Å². The zero-order valence-electron chi connectivity index (χ0n) is 17.5. The molecule has 3 heterocycles. The maximum atomic E-state index is 13.3. The fraction of sp³-hybridized carbons (Fsp3) is 0.360. The molecule has 0 radical (unpaired) electrons. The molecule has 0 unspecified atom stereocenters. The number of rotatable bonds is 3. The van der Waals surface area contributed by atoms with Crippen LogP contribution in [-0.4, -0.2) is 47.6 Å². The standard InChI is InChI=1S/C25H26FN3O2/c26-20-6-8-21(9-7-20)29-18-25(31-17-24(29)30)11-3-14-28(15-12-25)16-19-10-13-27-23-5-2-1-4-22(19)23/h1-2,4-10,13H,3,11-12,14-18H2/t25-/m0/s1. The second-order valence-electron chi connectivity index (χ2n) is 8.54. The average molecular weight is 420 g/mol. The van der Waals surface area contributed by atoms with Crippen LogP contribution < -0.4 is 4.90 Å². The summed E-state index contributed by atoms with van der Waals surface area (Å²) >= 11 is 0. The Bertz CT molecular complexity index is 1080. The number of halogens is 1. The lowest BCUT2D eigenvalue weighted by Crippen LogP contribution is -2.55. The first-order chi connectivity index (χ1) is 15.1. The smallest absolute Gasteiger partial charge is 0.253 e. The van der Waals surface area contributed by atoms with Crippen LogP contribution in [0.25, 0.3) is 10.9 Å². The Morgan fingerprint density at radius 1 is 1.03 bits per heavy atom. The van der Waals surface area contributed by atoms with E-state index in [0.29, 0.717) is 6.54 Å². The largest absolute Gasteiger partial charge is 0.363 e. The Morgan fingerprint density at radius 2 is 1.87 bits per heavy atom. The zero-order valence-corrected chi connectivity index (χ0v) is 17.5. The van der Waals surface area contributed by atoms with Gasteiger partial charge in [-0.25, -0.2) is 4.39 Å². The molecule has 31 heavy (non-hydrogen) atoms. The van der Waals surface area contributed by atoms with Gasteiger partial charge in [-0.3, -0.25) is 14.7 Å². The molecule has 0 aliphatic carbocycles. The van der Waals surface area contributed by atoms with Crippen LogP contribution in [0.5, 0.6) is 0 Å². The third-order valence-corrected chi connectivity index (χ3v) is 6.51. The number of amides is 1. The van der Waals surface area contributed by atoms with E-state index in [1.54, 1.807) is 17.0 Å². The van der Waals surface area contributed by atoms with E-state index in [-0.39, 0.29) is 23.9 Å². The van der Waals surface area contributed by atoms with Crippen molar-refractivity contribution >= 4 is 22.5 Å². The number of anilines is 1. The van der Waals surface area contributed by atoms with Crippen molar-refractivity contribution in [2.75, 3.05) is 31.1 Å². The van der Waals surface area contributed by atoms with Gasteiger partial charge in [-0.1, -0.05) is 18.2 Å². The van der Waals surface area contributed by atoms with Crippen molar-refractivity contribution in [2.45, 2.75) is 31.4 Å². The molecule has 1 amide bonds. The maximum Gasteiger partial charge on any atom is 0.253 e. The van der Waals surface area contributed by atoms with Gasteiger partial charge in [0, 0.05) is 30.4 Å². The fourth-order valence-corrected chi connectivity index (χ4v) is 4.79. The van der Waals surface area contributed by atoms with Gasteiger partial charge in [0.05, 0.1) is 17.7 Å². The van der Waals surface area contributed by atoms with Crippen molar-refractivity contribution in [1.29, 1.82) is 0 Å². The van der Waals surface area contributed by atoms with Crippen LogP contribution in [0.3, 0.4) is 0 Å². The highest BCUT2D eigenvalue weighted by Gasteiger charge is 2.41. The Balaban J connectivity index is 1.30. The number of para-hydroxylation sites is 1. The molecule has 0 N–H and O–H groups in total. The van der Waals surface area contributed by atoms with E-state index in [1.807, 2.05) is 18.3 Å². The topological polar surface area (TPSA) is 45.7 Å². The van der Waals surface area contributed by atoms with Crippen molar-refractivity contribution in [2.24, 2.45) is 0 Å². The number of pyridine rings is 1. The van der Waals surface area contributed by atoms with Crippen molar-refractivity contribution in [3.8, 4) is 0 Å². The summed E-state index contributed by atoms with van der Waals surface area (Å²) < 4.78 is 19.5. The monoisotopic (exact) mass is 419 g/mol. The molecular weight excluding hydrogens is 393 g/mol. The average Bonchev–Trinajstić information content (AvgIpc) is 2.99. The first-order valence-electron chi connectivity index (χ1n) is 10.9. The number of hydrogen-bond acceptors (Lipinski definition) is 4. The number of likely N-dealkylation sites (tertiary alicyclic amines) is 1. The fourth-order valence-electron chi connectivity index (χ4n) is 4.79. The molecule has 5 rings (SSSR count). The summed E-state index contributed by atoms with van der Waals surface area (Å²) in [5.41, 5.74) is 2.69. The van der Waals surface area contributed by atoms with Crippen LogP contribution >= 0.6 is 0 Å². The molecule has 6 heteroatoms. The van der Waals surface area contributed by atoms with E-state index in [9.17, 15) is 9.18 Å². The first-order valence-corrected chi connectivity index (χ1v) is 10.9. The van der Waals surface area contributed by atoms with Gasteiger partial charge >= 0.3 is 0 Å². The SMILES string of the molecule is O=C1CO[C@]2(CCCN(Cc3ccnc4ccccc34)CC2)CN1c1ccc(F)cc1. The van der Waals surface area contributed by atoms with E-state index < -0.39 is 0 Å². The molecule has 2 saturated heterocycles. The van der Waals surface area contributed by atoms with Crippen LogP contribution in [0, 0.1) is 5.82 Å². The first kappa shape index (κ1) is 20.1. The second-order valence-corrected chi connectivity index (χ2v) is 8.54. The number of nitrogens with zero attached hydrogens (tertiary/aromatic N) is 3. The quantitative estimate of drug-likeness (QED) is 0.640. The van der Waals surface area contributed by atoms with Gasteiger partial charge in [-0.15, -0.1) is 0 Å². The summed E-state index contributed by atoms with van der Waals surface area (Å²) in [5, 5.41) is 1.20. The molecule has 2 fully saturated rings. The van der Waals surface area contributed by atoms with Crippen LogP contribution in [0.1, 0.15) is 24.8 Å². The van der Waals surface area contributed by atoms with Crippen LogP contribution in [0.15, 0.2) is 60.8 Å². The summed E-state index contributed by atoms with van der Waals surface area (Å²) in [6, 6.07) is 16.5. The lowest BCUT2D eigenvalue weighted by molar-refractivity contribution is -0.140. The zero-order chi connectivity index (χ0) is 21.3. The predicted octanol–water partition coefficient (Wildman–Crippen LogP) is 4.16. The number of hydrogen-bond donors (Lipinski definition) is 0. The number of carbonyl (C=O) groups is 1. The van der Waals surface area contributed by atoms with Gasteiger partial charge in [0.25, 0.3) is 5.91 Å². The number of carbonyl (C=O) groups excluding carboxylic acids is 1. The van der Waals surface area contributed by atoms with Crippen LogP contribution in [-0.2, 0) is 16.1 Å². The van der Waals surface area contributed by atoms with E-state index in [2.05, 4.69) is 28.1 Å². The summed E-state index contributed by atoms with van der Waals surface area (Å²) in [7, 11) is 0. The molecule has 2 aromatic carbocycles. The molecule has 0 bridgehead atoms.